The highest BCUT2D eigenvalue weighted by Crippen LogP contribution is 2.18. The fourth-order valence-electron chi connectivity index (χ4n) is 3.37. The highest BCUT2D eigenvalue weighted by atomic mass is 19.2. The maximum atomic E-state index is 13.8. The van der Waals surface area contributed by atoms with E-state index in [2.05, 4.69) is 4.98 Å². The lowest BCUT2D eigenvalue weighted by molar-refractivity contribution is 0.506. The summed E-state index contributed by atoms with van der Waals surface area (Å²) in [6.45, 7) is 3.55. The molecule has 0 amide bonds. The molecule has 154 valence electrons. The van der Waals surface area contributed by atoms with Gasteiger partial charge in [0.1, 0.15) is 5.82 Å². The normalized spacial score (nSPS) is 11.5. The van der Waals surface area contributed by atoms with Crippen molar-refractivity contribution in [2.24, 2.45) is 0 Å². The van der Waals surface area contributed by atoms with Crippen LogP contribution in [0.3, 0.4) is 0 Å². The van der Waals surface area contributed by atoms with Gasteiger partial charge < -0.3 is 4.57 Å². The highest BCUT2D eigenvalue weighted by Gasteiger charge is 2.21. The number of hydrogen-bond donors (Lipinski definition) is 0. The molecule has 0 aliphatic carbocycles. The third kappa shape index (κ3) is 3.22. The maximum Gasteiger partial charge on any atom is 0.337 e. The lowest BCUT2D eigenvalue weighted by Crippen LogP contribution is -2.41. The van der Waals surface area contributed by atoms with Gasteiger partial charge in [-0.15, -0.1) is 0 Å². The molecule has 0 spiro atoms. The van der Waals surface area contributed by atoms with Gasteiger partial charge in [-0.1, -0.05) is 12.1 Å². The number of imidazole rings is 1. The summed E-state index contributed by atoms with van der Waals surface area (Å²) in [5, 5.41) is 0. The van der Waals surface area contributed by atoms with Crippen molar-refractivity contribution in [1.82, 2.24) is 18.7 Å². The van der Waals surface area contributed by atoms with Crippen LogP contribution in [0.4, 0.5) is 13.2 Å². The molecule has 0 saturated heterocycles. The summed E-state index contributed by atoms with van der Waals surface area (Å²) < 4.78 is 44.1. The summed E-state index contributed by atoms with van der Waals surface area (Å²) in [5.74, 6) is -2.56. The Balaban J connectivity index is 2.01. The third-order valence-electron chi connectivity index (χ3n) is 4.79. The molecule has 2 heterocycles. The van der Waals surface area contributed by atoms with E-state index in [0.29, 0.717) is 0 Å². The Labute approximate surface area is 168 Å². The lowest BCUT2D eigenvalue weighted by Gasteiger charge is -2.15. The van der Waals surface area contributed by atoms with Gasteiger partial charge >= 0.3 is 5.69 Å². The van der Waals surface area contributed by atoms with Crippen LogP contribution in [0.25, 0.3) is 16.9 Å². The number of fused-ring (bicyclic) bond motifs is 1. The summed E-state index contributed by atoms with van der Waals surface area (Å²) in [7, 11) is 0. The van der Waals surface area contributed by atoms with Gasteiger partial charge in [0.2, 0.25) is 0 Å². The molecule has 9 heteroatoms. The monoisotopic (exact) mass is 414 g/mol. The molecular formula is C21H17F3N4O2. The first-order valence-corrected chi connectivity index (χ1v) is 9.20. The molecule has 2 aromatic carbocycles. The SMILES string of the molecule is CC(C)n1c(=O)c2c(ncn2Cc2ccc(F)cc2)n(-c2ccc(F)c(F)c2)c1=O. The molecule has 0 aliphatic rings. The van der Waals surface area contributed by atoms with Crippen molar-refractivity contribution in [1.29, 1.82) is 0 Å². The van der Waals surface area contributed by atoms with Crippen molar-refractivity contribution in [3.8, 4) is 5.69 Å². The molecule has 0 unspecified atom stereocenters. The fourth-order valence-corrected chi connectivity index (χ4v) is 3.37. The van der Waals surface area contributed by atoms with Crippen molar-refractivity contribution in [3.63, 3.8) is 0 Å². The minimum Gasteiger partial charge on any atom is -0.320 e. The predicted octanol–water partition coefficient (Wildman–Crippen LogP) is 3.40. The van der Waals surface area contributed by atoms with Crippen LogP contribution in [0.15, 0.2) is 58.4 Å². The molecule has 4 aromatic rings. The van der Waals surface area contributed by atoms with Crippen molar-refractivity contribution in [2.45, 2.75) is 26.4 Å². The summed E-state index contributed by atoms with van der Waals surface area (Å²) in [4.78, 5) is 30.4. The van der Waals surface area contributed by atoms with Crippen molar-refractivity contribution in [3.05, 3.63) is 92.6 Å². The van der Waals surface area contributed by atoms with Gasteiger partial charge in [0.05, 0.1) is 12.0 Å². The number of rotatable bonds is 4. The van der Waals surface area contributed by atoms with Crippen molar-refractivity contribution in [2.75, 3.05) is 0 Å². The van der Waals surface area contributed by atoms with E-state index in [9.17, 15) is 22.8 Å². The molecular weight excluding hydrogens is 397 g/mol. The van der Waals surface area contributed by atoms with Crippen LogP contribution in [0.5, 0.6) is 0 Å². The number of halogens is 3. The lowest BCUT2D eigenvalue weighted by atomic mass is 10.2. The van der Waals surface area contributed by atoms with E-state index < -0.39 is 28.9 Å². The second-order valence-electron chi connectivity index (χ2n) is 7.16. The van der Waals surface area contributed by atoms with Crippen molar-refractivity contribution < 1.29 is 13.2 Å². The standard InChI is InChI=1S/C21H17F3N4O2/c1-12(2)27-20(29)18-19(25-11-26(18)10-13-3-5-14(22)6-4-13)28(21(27)30)15-7-8-16(23)17(24)9-15/h3-9,11-12H,10H2,1-2H3. The Morgan fingerprint density at radius 2 is 1.67 bits per heavy atom. The van der Waals surface area contributed by atoms with Crippen LogP contribution in [0, 0.1) is 17.5 Å². The van der Waals surface area contributed by atoms with Crippen LogP contribution in [0.1, 0.15) is 25.5 Å². The molecule has 0 fully saturated rings. The third-order valence-corrected chi connectivity index (χ3v) is 4.79. The van der Waals surface area contributed by atoms with Crippen LogP contribution in [0.2, 0.25) is 0 Å². The topological polar surface area (TPSA) is 61.8 Å². The first-order chi connectivity index (χ1) is 14.3. The van der Waals surface area contributed by atoms with Crippen LogP contribution >= 0.6 is 0 Å². The summed E-state index contributed by atoms with van der Waals surface area (Å²) in [6, 6.07) is 8.30. The van der Waals surface area contributed by atoms with Gasteiger partial charge in [0, 0.05) is 18.7 Å². The molecule has 30 heavy (non-hydrogen) atoms. The van der Waals surface area contributed by atoms with E-state index in [1.807, 2.05) is 0 Å². The average molecular weight is 414 g/mol. The largest absolute Gasteiger partial charge is 0.337 e. The minimum absolute atomic E-state index is 0.0232. The van der Waals surface area contributed by atoms with Gasteiger partial charge in [0.15, 0.2) is 22.8 Å². The summed E-state index contributed by atoms with van der Waals surface area (Å²) in [6.07, 6.45) is 1.38. The molecule has 0 aliphatic heterocycles. The molecule has 0 bridgehead atoms. The smallest absolute Gasteiger partial charge is 0.320 e. The molecule has 2 aromatic heterocycles. The van der Waals surface area contributed by atoms with Gasteiger partial charge in [-0.05, 0) is 43.7 Å². The second kappa shape index (κ2) is 7.33. The fraction of sp³-hybridized carbons (Fsp3) is 0.190. The van der Waals surface area contributed by atoms with Crippen LogP contribution < -0.4 is 11.2 Å². The zero-order chi connectivity index (χ0) is 21.6. The number of benzene rings is 2. The number of aromatic nitrogens is 4. The Hall–Kier alpha value is -3.62. The van der Waals surface area contributed by atoms with Gasteiger partial charge in [0.25, 0.3) is 5.56 Å². The molecule has 0 radical (unpaired) electrons. The zero-order valence-electron chi connectivity index (χ0n) is 16.1. The van der Waals surface area contributed by atoms with Crippen molar-refractivity contribution >= 4 is 11.2 Å². The molecule has 0 N–H and O–H groups in total. The Morgan fingerprint density at radius 3 is 2.30 bits per heavy atom. The number of nitrogens with zero attached hydrogens (tertiary/aromatic N) is 4. The first-order valence-electron chi connectivity index (χ1n) is 9.20. The van der Waals surface area contributed by atoms with Crippen LogP contribution in [-0.4, -0.2) is 18.7 Å². The van der Waals surface area contributed by atoms with Gasteiger partial charge in [-0.2, -0.15) is 0 Å². The van der Waals surface area contributed by atoms with E-state index in [1.165, 1.54) is 24.5 Å². The zero-order valence-corrected chi connectivity index (χ0v) is 16.1. The summed E-state index contributed by atoms with van der Waals surface area (Å²) >= 11 is 0. The van der Waals surface area contributed by atoms with Gasteiger partial charge in [-0.3, -0.25) is 9.36 Å². The molecule has 0 atom stereocenters. The van der Waals surface area contributed by atoms with Gasteiger partial charge in [-0.25, -0.2) is 27.5 Å². The first kappa shape index (κ1) is 19.7. The quantitative estimate of drug-likeness (QED) is 0.514. The Bertz CT molecular complexity index is 1370. The van der Waals surface area contributed by atoms with E-state index in [4.69, 9.17) is 0 Å². The van der Waals surface area contributed by atoms with E-state index in [-0.39, 0.29) is 29.2 Å². The minimum atomic E-state index is -1.12. The molecule has 4 rings (SSSR count). The second-order valence-corrected chi connectivity index (χ2v) is 7.16. The Kier molecular flexibility index (Phi) is 4.81. The average Bonchev–Trinajstić information content (AvgIpc) is 3.09. The van der Waals surface area contributed by atoms with E-state index in [1.54, 1.807) is 30.5 Å². The predicted molar refractivity (Wildman–Crippen MR) is 105 cm³/mol. The summed E-state index contributed by atoms with van der Waals surface area (Å²) in [5.41, 5.74) is -0.349. The Morgan fingerprint density at radius 1 is 0.967 bits per heavy atom. The number of hydrogen-bond acceptors (Lipinski definition) is 3. The molecule has 0 saturated carbocycles. The maximum absolute atomic E-state index is 13.8. The van der Waals surface area contributed by atoms with E-state index in [0.717, 1.165) is 26.8 Å². The van der Waals surface area contributed by atoms with E-state index >= 15 is 0 Å². The molecule has 6 nitrogen and oxygen atoms in total. The highest BCUT2D eigenvalue weighted by molar-refractivity contribution is 5.72. The van der Waals surface area contributed by atoms with Crippen LogP contribution in [-0.2, 0) is 6.54 Å².